The SMILES string of the molecule is CC(=O)NCCCCC(NC(=O)OCc1ccccc1)C(O)Nc1ccn(C2OC(CO)C(O)C2O)c(=O)n1. The van der Waals surface area contributed by atoms with Crippen molar-refractivity contribution in [3.05, 3.63) is 58.6 Å². The van der Waals surface area contributed by atoms with Crippen LogP contribution in [0.2, 0.25) is 0 Å². The first-order valence-corrected chi connectivity index (χ1v) is 12.6. The number of ether oxygens (including phenoxy) is 2. The number of rotatable bonds is 13. The monoisotopic (exact) mass is 549 g/mol. The lowest BCUT2D eigenvalue weighted by Crippen LogP contribution is -2.47. The van der Waals surface area contributed by atoms with Gasteiger partial charge in [0.2, 0.25) is 5.91 Å². The van der Waals surface area contributed by atoms with Gasteiger partial charge < -0.3 is 45.9 Å². The van der Waals surface area contributed by atoms with Crippen molar-refractivity contribution in [3.63, 3.8) is 0 Å². The zero-order valence-electron chi connectivity index (χ0n) is 21.5. The van der Waals surface area contributed by atoms with Gasteiger partial charge in [-0.25, -0.2) is 9.59 Å². The van der Waals surface area contributed by atoms with Crippen LogP contribution in [0.4, 0.5) is 10.6 Å². The molecule has 2 amide bonds. The van der Waals surface area contributed by atoms with E-state index >= 15 is 0 Å². The van der Waals surface area contributed by atoms with Crippen LogP contribution in [0, 0.1) is 0 Å². The Morgan fingerprint density at radius 2 is 1.90 bits per heavy atom. The molecule has 0 radical (unpaired) electrons. The van der Waals surface area contributed by atoms with Gasteiger partial charge in [0.1, 0.15) is 37.0 Å². The van der Waals surface area contributed by atoms with Crippen molar-refractivity contribution >= 4 is 17.8 Å². The van der Waals surface area contributed by atoms with Crippen LogP contribution in [-0.4, -0.2) is 85.7 Å². The van der Waals surface area contributed by atoms with Crippen molar-refractivity contribution < 1.29 is 39.5 Å². The highest BCUT2D eigenvalue weighted by atomic mass is 16.6. The lowest BCUT2D eigenvalue weighted by atomic mass is 10.1. The van der Waals surface area contributed by atoms with Crippen LogP contribution in [-0.2, 0) is 20.9 Å². The number of carbonyl (C=O) groups excluding carboxylic acids is 2. The summed E-state index contributed by atoms with van der Waals surface area (Å²) in [5.74, 6) is -0.174. The first kappa shape index (κ1) is 30.0. The average Bonchev–Trinajstić information content (AvgIpc) is 3.20. The number of aromatic nitrogens is 2. The van der Waals surface area contributed by atoms with Gasteiger partial charge in [-0.1, -0.05) is 30.3 Å². The number of unbranched alkanes of at least 4 members (excludes halogenated alkanes) is 1. The number of hydrogen-bond donors (Lipinski definition) is 7. The van der Waals surface area contributed by atoms with E-state index in [0.29, 0.717) is 25.8 Å². The molecule has 6 atom stereocenters. The van der Waals surface area contributed by atoms with Crippen LogP contribution in [0.3, 0.4) is 0 Å². The Morgan fingerprint density at radius 3 is 2.54 bits per heavy atom. The van der Waals surface area contributed by atoms with Crippen LogP contribution in [0.5, 0.6) is 0 Å². The van der Waals surface area contributed by atoms with E-state index in [4.69, 9.17) is 9.47 Å². The normalized spacial score (nSPS) is 22.1. The van der Waals surface area contributed by atoms with Gasteiger partial charge in [0.15, 0.2) is 6.23 Å². The second kappa shape index (κ2) is 14.6. The molecule has 3 rings (SSSR count). The van der Waals surface area contributed by atoms with Crippen LogP contribution in [0.1, 0.15) is 38.0 Å². The molecule has 14 heteroatoms. The van der Waals surface area contributed by atoms with Gasteiger partial charge in [0, 0.05) is 19.7 Å². The van der Waals surface area contributed by atoms with Crippen LogP contribution >= 0.6 is 0 Å². The van der Waals surface area contributed by atoms with Crippen molar-refractivity contribution in [2.45, 2.75) is 69.6 Å². The number of anilines is 1. The fourth-order valence-electron chi connectivity index (χ4n) is 4.03. The molecule has 6 unspecified atom stereocenters. The minimum atomic E-state index is -1.46. The number of benzene rings is 1. The Kier molecular flexibility index (Phi) is 11.2. The maximum atomic E-state index is 12.6. The summed E-state index contributed by atoms with van der Waals surface area (Å²) >= 11 is 0. The minimum Gasteiger partial charge on any atom is -0.445 e. The van der Waals surface area contributed by atoms with Crippen molar-refractivity contribution in [1.82, 2.24) is 20.2 Å². The number of carbonyl (C=O) groups is 2. The topological polar surface area (TPSA) is 204 Å². The molecule has 0 bridgehead atoms. The van der Waals surface area contributed by atoms with Gasteiger partial charge in [-0.2, -0.15) is 4.98 Å². The van der Waals surface area contributed by atoms with E-state index in [-0.39, 0.29) is 18.3 Å². The molecule has 0 aliphatic carbocycles. The Morgan fingerprint density at radius 1 is 1.15 bits per heavy atom. The number of nitrogens with one attached hydrogen (secondary N) is 3. The van der Waals surface area contributed by atoms with E-state index in [1.165, 1.54) is 19.2 Å². The number of hydrogen-bond acceptors (Lipinski definition) is 11. The van der Waals surface area contributed by atoms with E-state index in [0.717, 1.165) is 10.1 Å². The summed E-state index contributed by atoms with van der Waals surface area (Å²) in [6, 6.07) is 9.59. The molecule has 1 aliphatic rings. The summed E-state index contributed by atoms with van der Waals surface area (Å²) in [6.07, 6.45) is -4.56. The number of nitrogens with zero attached hydrogens (tertiary/aromatic N) is 2. The Balaban J connectivity index is 1.63. The Labute approximate surface area is 224 Å². The molecule has 1 aromatic carbocycles. The van der Waals surface area contributed by atoms with E-state index < -0.39 is 55.2 Å². The zero-order chi connectivity index (χ0) is 28.4. The smallest absolute Gasteiger partial charge is 0.407 e. The molecule has 214 valence electrons. The van der Waals surface area contributed by atoms with Gasteiger partial charge in [-0.3, -0.25) is 9.36 Å². The van der Waals surface area contributed by atoms with Crippen molar-refractivity contribution in [2.24, 2.45) is 0 Å². The molecule has 1 aliphatic heterocycles. The predicted octanol–water partition coefficient (Wildman–Crippen LogP) is -0.813. The number of alkyl carbamates (subject to hydrolysis) is 1. The van der Waals surface area contributed by atoms with Crippen molar-refractivity contribution in [3.8, 4) is 0 Å². The molecule has 7 N–H and O–H groups in total. The summed E-state index contributed by atoms with van der Waals surface area (Å²) in [7, 11) is 0. The highest BCUT2D eigenvalue weighted by Crippen LogP contribution is 2.28. The molecular weight excluding hydrogens is 514 g/mol. The van der Waals surface area contributed by atoms with E-state index in [2.05, 4.69) is 20.9 Å². The van der Waals surface area contributed by atoms with Crippen LogP contribution in [0.15, 0.2) is 47.4 Å². The third kappa shape index (κ3) is 8.73. The number of aliphatic hydroxyl groups is 4. The van der Waals surface area contributed by atoms with Gasteiger partial charge in [-0.15, -0.1) is 0 Å². The van der Waals surface area contributed by atoms with Crippen molar-refractivity contribution in [2.75, 3.05) is 18.5 Å². The summed E-state index contributed by atoms with van der Waals surface area (Å²) in [4.78, 5) is 40.0. The molecule has 0 spiro atoms. The molecule has 1 aromatic heterocycles. The molecule has 2 heterocycles. The van der Waals surface area contributed by atoms with Gasteiger partial charge in [-0.05, 0) is 30.9 Å². The minimum absolute atomic E-state index is 0.0156. The highest BCUT2D eigenvalue weighted by molar-refractivity contribution is 5.72. The molecular formula is C25H35N5O9. The predicted molar refractivity (Wildman–Crippen MR) is 137 cm³/mol. The van der Waals surface area contributed by atoms with Gasteiger partial charge >= 0.3 is 11.8 Å². The quantitative estimate of drug-likeness (QED) is 0.121. The maximum absolute atomic E-state index is 12.6. The third-order valence-corrected chi connectivity index (χ3v) is 6.13. The number of aliphatic hydroxyl groups excluding tert-OH is 4. The fraction of sp³-hybridized carbons (Fsp3) is 0.520. The second-order valence-corrected chi connectivity index (χ2v) is 9.11. The largest absolute Gasteiger partial charge is 0.445 e. The van der Waals surface area contributed by atoms with Crippen LogP contribution < -0.4 is 21.6 Å². The summed E-state index contributed by atoms with van der Waals surface area (Å²) in [6.45, 7) is 1.33. The second-order valence-electron chi connectivity index (χ2n) is 9.11. The van der Waals surface area contributed by atoms with E-state index in [1.807, 2.05) is 18.2 Å². The maximum Gasteiger partial charge on any atom is 0.407 e. The zero-order valence-corrected chi connectivity index (χ0v) is 21.5. The van der Waals surface area contributed by atoms with Crippen molar-refractivity contribution in [1.29, 1.82) is 0 Å². The number of amides is 2. The lowest BCUT2D eigenvalue weighted by molar-refractivity contribution is -0.118. The summed E-state index contributed by atoms with van der Waals surface area (Å²) < 4.78 is 11.6. The molecule has 1 fully saturated rings. The standard InChI is InChI=1S/C25H35N5O9/c1-15(32)26-11-6-5-9-17(27-25(37)38-14-16-7-3-2-4-8-16)22(35)28-19-10-12-30(24(36)29-19)23-21(34)20(33)18(13-31)39-23/h2-4,7-8,10,12,17-18,20-23,31,33-35H,5-6,9,11,13-14H2,1H3,(H,26,32)(H,27,37)(H,28,29,36). The van der Waals surface area contributed by atoms with Crippen LogP contribution in [0.25, 0.3) is 0 Å². The Bertz CT molecular complexity index is 1130. The highest BCUT2D eigenvalue weighted by Gasteiger charge is 2.43. The molecule has 14 nitrogen and oxygen atoms in total. The first-order chi connectivity index (χ1) is 18.7. The third-order valence-electron chi connectivity index (χ3n) is 6.13. The van der Waals surface area contributed by atoms with E-state index in [1.54, 1.807) is 12.1 Å². The van der Waals surface area contributed by atoms with Gasteiger partial charge in [0.25, 0.3) is 0 Å². The molecule has 1 saturated heterocycles. The molecule has 2 aromatic rings. The first-order valence-electron chi connectivity index (χ1n) is 12.6. The molecule has 39 heavy (non-hydrogen) atoms. The Hall–Kier alpha value is -3.56. The summed E-state index contributed by atoms with van der Waals surface area (Å²) in [5.41, 5.74) is -0.0544. The average molecular weight is 550 g/mol. The van der Waals surface area contributed by atoms with Gasteiger partial charge in [0.05, 0.1) is 12.6 Å². The lowest BCUT2D eigenvalue weighted by Gasteiger charge is -2.25. The molecule has 0 saturated carbocycles. The summed E-state index contributed by atoms with van der Waals surface area (Å²) in [5, 5.41) is 48.2. The van der Waals surface area contributed by atoms with E-state index in [9.17, 15) is 34.8 Å². The fourth-order valence-corrected chi connectivity index (χ4v) is 4.03.